The van der Waals surface area contributed by atoms with E-state index in [-0.39, 0.29) is 0 Å². The highest BCUT2D eigenvalue weighted by molar-refractivity contribution is 7.16. The van der Waals surface area contributed by atoms with Crippen LogP contribution in [0.5, 0.6) is 0 Å². The molecule has 2 heterocycles. The maximum atomic E-state index is 5.96. The third kappa shape index (κ3) is 2.69. The topological polar surface area (TPSA) is 64.9 Å². The zero-order chi connectivity index (χ0) is 14.1. The van der Waals surface area contributed by atoms with Gasteiger partial charge in [-0.15, -0.1) is 11.3 Å². The zero-order valence-electron chi connectivity index (χ0n) is 10.8. The van der Waals surface area contributed by atoms with Crippen LogP contribution in [0.1, 0.15) is 16.3 Å². The lowest BCUT2D eigenvalue weighted by atomic mass is 10.1. The third-order valence-electron chi connectivity index (χ3n) is 2.83. The Morgan fingerprint density at radius 1 is 1.35 bits per heavy atom. The van der Waals surface area contributed by atoms with E-state index in [1.807, 2.05) is 37.3 Å². The molecule has 0 bridgehead atoms. The van der Waals surface area contributed by atoms with E-state index in [1.165, 1.54) is 11.3 Å². The van der Waals surface area contributed by atoms with E-state index in [1.54, 1.807) is 0 Å². The lowest BCUT2D eigenvalue weighted by Crippen LogP contribution is -1.90. The number of thiophene rings is 1. The summed E-state index contributed by atoms with van der Waals surface area (Å²) < 4.78 is 5.28. The molecule has 0 saturated carbocycles. The Balaban J connectivity index is 1.85. The van der Waals surface area contributed by atoms with Gasteiger partial charge in [0.2, 0.25) is 0 Å². The Bertz CT molecular complexity index is 750. The molecule has 3 rings (SSSR count). The number of anilines is 1. The van der Waals surface area contributed by atoms with Gasteiger partial charge in [0.1, 0.15) is 0 Å². The number of nitrogens with two attached hydrogens (primary N) is 1. The highest BCUT2D eigenvalue weighted by atomic mass is 35.5. The number of rotatable bonds is 3. The first kappa shape index (κ1) is 13.1. The molecule has 0 aliphatic heterocycles. The summed E-state index contributed by atoms with van der Waals surface area (Å²) >= 11 is 7.47. The van der Waals surface area contributed by atoms with Crippen molar-refractivity contribution in [2.75, 3.05) is 5.73 Å². The fourth-order valence-corrected chi connectivity index (χ4v) is 2.96. The summed E-state index contributed by atoms with van der Waals surface area (Å²) in [4.78, 5) is 5.50. The molecular formula is C14H12ClN3OS. The van der Waals surface area contributed by atoms with Crippen LogP contribution in [0.4, 0.5) is 5.00 Å². The molecule has 0 spiro atoms. The molecule has 2 N–H and O–H groups in total. The van der Waals surface area contributed by atoms with Gasteiger partial charge in [-0.25, -0.2) is 0 Å². The highest BCUT2D eigenvalue weighted by Gasteiger charge is 2.14. The number of aryl methyl sites for hydroxylation is 1. The Morgan fingerprint density at radius 3 is 2.90 bits per heavy atom. The minimum absolute atomic E-state index is 0.462. The van der Waals surface area contributed by atoms with E-state index in [4.69, 9.17) is 21.9 Å². The van der Waals surface area contributed by atoms with Gasteiger partial charge in [0.25, 0.3) is 5.89 Å². The number of halogens is 1. The molecule has 0 atom stereocenters. The fraction of sp³-hybridized carbons (Fsp3) is 0.143. The predicted molar refractivity (Wildman–Crippen MR) is 81.0 cm³/mol. The number of aromatic nitrogens is 2. The molecule has 0 amide bonds. The standard InChI is InChI=1S/C14H12ClN3OS/c1-8-5-11(13(16)20-8)14-17-12(18-19-14)7-9-3-2-4-10(15)6-9/h2-6H,7,16H2,1H3. The number of nitrogen functional groups attached to an aromatic ring is 1. The molecule has 1 aromatic carbocycles. The molecule has 3 aromatic rings. The number of hydrogen-bond acceptors (Lipinski definition) is 5. The second-order valence-corrected chi connectivity index (χ2v) is 6.18. The van der Waals surface area contributed by atoms with Crippen LogP contribution >= 0.6 is 22.9 Å². The summed E-state index contributed by atoms with van der Waals surface area (Å²) in [5, 5.41) is 5.38. The molecule has 0 aliphatic rings. The van der Waals surface area contributed by atoms with Gasteiger partial charge in [0.15, 0.2) is 5.82 Å². The van der Waals surface area contributed by atoms with Crippen LogP contribution in [-0.4, -0.2) is 10.1 Å². The summed E-state index contributed by atoms with van der Waals surface area (Å²) in [6.07, 6.45) is 0.576. The van der Waals surface area contributed by atoms with Crippen LogP contribution in [0.2, 0.25) is 5.02 Å². The van der Waals surface area contributed by atoms with E-state index >= 15 is 0 Å². The van der Waals surface area contributed by atoms with Gasteiger partial charge in [0, 0.05) is 16.3 Å². The monoisotopic (exact) mass is 305 g/mol. The van der Waals surface area contributed by atoms with E-state index in [2.05, 4.69) is 10.1 Å². The summed E-state index contributed by atoms with van der Waals surface area (Å²) in [5.74, 6) is 1.08. The molecule has 0 saturated heterocycles. The van der Waals surface area contributed by atoms with Crippen molar-refractivity contribution in [2.45, 2.75) is 13.3 Å². The average molecular weight is 306 g/mol. The van der Waals surface area contributed by atoms with E-state index < -0.39 is 0 Å². The molecule has 0 unspecified atom stereocenters. The molecule has 0 fully saturated rings. The van der Waals surface area contributed by atoms with Gasteiger partial charge in [-0.1, -0.05) is 28.9 Å². The summed E-state index contributed by atoms with van der Waals surface area (Å²) in [7, 11) is 0. The van der Waals surface area contributed by atoms with E-state index in [0.29, 0.717) is 28.2 Å². The molecular weight excluding hydrogens is 294 g/mol. The Hall–Kier alpha value is -1.85. The highest BCUT2D eigenvalue weighted by Crippen LogP contribution is 2.32. The van der Waals surface area contributed by atoms with Crippen molar-refractivity contribution in [3.05, 3.63) is 51.6 Å². The van der Waals surface area contributed by atoms with Crippen molar-refractivity contribution < 1.29 is 4.52 Å². The Labute approximate surface area is 125 Å². The lowest BCUT2D eigenvalue weighted by molar-refractivity contribution is 0.424. The first-order chi connectivity index (χ1) is 9.61. The fourth-order valence-electron chi connectivity index (χ4n) is 1.96. The van der Waals surface area contributed by atoms with Gasteiger partial charge >= 0.3 is 0 Å². The maximum Gasteiger partial charge on any atom is 0.260 e. The van der Waals surface area contributed by atoms with Crippen molar-refractivity contribution in [1.82, 2.24) is 10.1 Å². The van der Waals surface area contributed by atoms with E-state index in [0.717, 1.165) is 16.0 Å². The van der Waals surface area contributed by atoms with Gasteiger partial charge < -0.3 is 10.3 Å². The van der Waals surface area contributed by atoms with Crippen molar-refractivity contribution >= 4 is 27.9 Å². The summed E-state index contributed by atoms with van der Waals surface area (Å²) in [5.41, 5.74) is 7.77. The summed E-state index contributed by atoms with van der Waals surface area (Å²) in [6.45, 7) is 1.99. The smallest absolute Gasteiger partial charge is 0.260 e. The molecule has 4 nitrogen and oxygen atoms in total. The lowest BCUT2D eigenvalue weighted by Gasteiger charge is -1.96. The van der Waals surface area contributed by atoms with Crippen LogP contribution < -0.4 is 5.73 Å². The van der Waals surface area contributed by atoms with Crippen molar-refractivity contribution in [3.8, 4) is 11.5 Å². The average Bonchev–Trinajstić information content (AvgIpc) is 2.96. The van der Waals surface area contributed by atoms with Crippen molar-refractivity contribution in [1.29, 1.82) is 0 Å². The quantitative estimate of drug-likeness (QED) is 0.796. The molecule has 102 valence electrons. The van der Waals surface area contributed by atoms with Crippen LogP contribution in [0, 0.1) is 6.92 Å². The van der Waals surface area contributed by atoms with E-state index in [9.17, 15) is 0 Å². The van der Waals surface area contributed by atoms with Crippen LogP contribution in [0.25, 0.3) is 11.5 Å². The largest absolute Gasteiger partial charge is 0.390 e. The molecule has 6 heteroatoms. The Morgan fingerprint density at radius 2 is 2.20 bits per heavy atom. The first-order valence-corrected chi connectivity index (χ1v) is 7.24. The summed E-state index contributed by atoms with van der Waals surface area (Å²) in [6, 6.07) is 9.56. The SMILES string of the molecule is Cc1cc(-c2nc(Cc3cccc(Cl)c3)no2)c(N)s1. The second kappa shape index (κ2) is 5.26. The number of nitrogens with zero attached hydrogens (tertiary/aromatic N) is 2. The van der Waals surface area contributed by atoms with Gasteiger partial charge in [-0.2, -0.15) is 4.98 Å². The predicted octanol–water partition coefficient (Wildman–Crippen LogP) is 3.93. The van der Waals surface area contributed by atoms with Crippen LogP contribution in [0.3, 0.4) is 0 Å². The molecule has 2 aromatic heterocycles. The van der Waals surface area contributed by atoms with Gasteiger partial charge in [-0.3, -0.25) is 0 Å². The first-order valence-electron chi connectivity index (χ1n) is 6.05. The van der Waals surface area contributed by atoms with Gasteiger partial charge in [-0.05, 0) is 30.7 Å². The van der Waals surface area contributed by atoms with Gasteiger partial charge in [0.05, 0.1) is 10.6 Å². The second-order valence-electron chi connectivity index (χ2n) is 4.46. The minimum Gasteiger partial charge on any atom is -0.390 e. The molecule has 20 heavy (non-hydrogen) atoms. The molecule has 0 aliphatic carbocycles. The maximum absolute atomic E-state index is 5.96. The zero-order valence-corrected chi connectivity index (χ0v) is 12.3. The molecule has 0 radical (unpaired) electrons. The van der Waals surface area contributed by atoms with Crippen LogP contribution in [-0.2, 0) is 6.42 Å². The van der Waals surface area contributed by atoms with Crippen LogP contribution in [0.15, 0.2) is 34.9 Å². The minimum atomic E-state index is 0.462. The van der Waals surface area contributed by atoms with Crippen molar-refractivity contribution in [2.24, 2.45) is 0 Å². The third-order valence-corrected chi connectivity index (χ3v) is 3.95. The van der Waals surface area contributed by atoms with Crippen molar-refractivity contribution in [3.63, 3.8) is 0 Å². The number of benzene rings is 1. The number of hydrogen-bond donors (Lipinski definition) is 1. The normalized spacial score (nSPS) is 10.9. The Kier molecular flexibility index (Phi) is 3.46.